The maximum atomic E-state index is 14.1. The summed E-state index contributed by atoms with van der Waals surface area (Å²) >= 11 is 0. The fourth-order valence-corrected chi connectivity index (χ4v) is 2.58. The summed E-state index contributed by atoms with van der Waals surface area (Å²) in [6.07, 6.45) is -3.56. The van der Waals surface area contributed by atoms with Gasteiger partial charge in [-0.2, -0.15) is 4.98 Å². The Morgan fingerprint density at radius 2 is 2.22 bits per heavy atom. The summed E-state index contributed by atoms with van der Waals surface area (Å²) in [7, 11) is 1.44. The molecule has 3 heterocycles. The normalized spacial score (nSPS) is 24.6. The van der Waals surface area contributed by atoms with E-state index in [0.29, 0.717) is 5.88 Å². The Kier molecular flexibility index (Phi) is 5.44. The van der Waals surface area contributed by atoms with Crippen molar-refractivity contribution in [3.05, 3.63) is 46.6 Å². The van der Waals surface area contributed by atoms with Crippen molar-refractivity contribution in [2.45, 2.75) is 24.6 Å². The highest BCUT2D eigenvalue weighted by molar-refractivity contribution is 6.03. The molecule has 3 N–H and O–H groups in total. The first-order valence-electron chi connectivity index (χ1n) is 7.93. The molecule has 1 aliphatic rings. The van der Waals surface area contributed by atoms with Crippen LogP contribution in [0.3, 0.4) is 0 Å². The van der Waals surface area contributed by atoms with Crippen LogP contribution in [0.25, 0.3) is 0 Å². The maximum Gasteiger partial charge on any atom is 0.351 e. The van der Waals surface area contributed by atoms with Gasteiger partial charge < -0.3 is 25.0 Å². The van der Waals surface area contributed by atoms with Gasteiger partial charge in [0.1, 0.15) is 18.0 Å². The second-order valence-corrected chi connectivity index (χ2v) is 5.73. The van der Waals surface area contributed by atoms with E-state index in [2.05, 4.69) is 15.3 Å². The van der Waals surface area contributed by atoms with E-state index in [1.807, 2.05) is 0 Å². The fraction of sp³-hybridized carbons (Fsp3) is 0.375. The van der Waals surface area contributed by atoms with Crippen molar-refractivity contribution >= 4 is 11.7 Å². The number of carbonyl (C=O) groups excluding carboxylic acids is 1. The lowest BCUT2D eigenvalue weighted by molar-refractivity contribution is -0.0490. The molecule has 10 nitrogen and oxygen atoms in total. The van der Waals surface area contributed by atoms with Crippen molar-refractivity contribution in [3.8, 4) is 5.88 Å². The molecule has 1 aliphatic heterocycles. The van der Waals surface area contributed by atoms with Gasteiger partial charge in [0.2, 0.25) is 5.88 Å². The standard InChI is InChI=1S/C16H17FN4O6/c1-26-11-3-2-8(6-18-11)14(24)19-10-4-5-21(16(25)20-10)15-12(17)13(23)9(7-22)27-15/h2-6,9,12-13,15,22-23H,7H2,1H3,(H,19,20,24,25)/t9-,12-,13-,15-/m1/s1. The number of ether oxygens (including phenoxy) is 2. The lowest BCUT2D eigenvalue weighted by atomic mass is 10.1. The average Bonchev–Trinajstić information content (AvgIpc) is 2.96. The zero-order valence-electron chi connectivity index (χ0n) is 14.2. The lowest BCUT2D eigenvalue weighted by Gasteiger charge is -2.16. The van der Waals surface area contributed by atoms with Gasteiger partial charge in [-0.05, 0) is 12.1 Å². The van der Waals surface area contributed by atoms with Gasteiger partial charge in [0.25, 0.3) is 5.91 Å². The molecule has 27 heavy (non-hydrogen) atoms. The smallest absolute Gasteiger partial charge is 0.351 e. The summed E-state index contributed by atoms with van der Waals surface area (Å²) in [6.45, 7) is -0.593. The molecule has 0 spiro atoms. The Hall–Kier alpha value is -2.89. The number of pyridine rings is 1. The molecule has 1 saturated heterocycles. The van der Waals surface area contributed by atoms with Crippen molar-refractivity contribution in [3.63, 3.8) is 0 Å². The number of aromatic nitrogens is 3. The molecule has 4 atom stereocenters. The number of nitrogens with one attached hydrogen (secondary N) is 1. The van der Waals surface area contributed by atoms with Crippen LogP contribution < -0.4 is 15.7 Å². The SMILES string of the molecule is COc1ccc(C(=O)Nc2ccn([C@@H]3O[C@H](CO)[C@@H](O)[C@H]3F)c(=O)n2)cn1. The van der Waals surface area contributed by atoms with Crippen molar-refractivity contribution in [2.75, 3.05) is 19.0 Å². The van der Waals surface area contributed by atoms with E-state index in [0.717, 1.165) is 4.57 Å². The number of aliphatic hydroxyl groups excluding tert-OH is 2. The van der Waals surface area contributed by atoms with Crippen LogP contribution in [0.2, 0.25) is 0 Å². The molecule has 1 fully saturated rings. The average molecular weight is 380 g/mol. The molecule has 0 aliphatic carbocycles. The van der Waals surface area contributed by atoms with E-state index in [1.54, 1.807) is 0 Å². The van der Waals surface area contributed by atoms with Gasteiger partial charge in [-0.1, -0.05) is 0 Å². The molecule has 2 aromatic heterocycles. The van der Waals surface area contributed by atoms with Crippen LogP contribution in [-0.4, -0.2) is 62.8 Å². The van der Waals surface area contributed by atoms with Gasteiger partial charge in [0.05, 0.1) is 19.3 Å². The number of nitrogens with zero attached hydrogens (tertiary/aromatic N) is 3. The Balaban J connectivity index is 1.75. The zero-order valence-corrected chi connectivity index (χ0v) is 14.2. The van der Waals surface area contributed by atoms with Crippen molar-refractivity contribution in [1.82, 2.24) is 14.5 Å². The van der Waals surface area contributed by atoms with E-state index < -0.39 is 42.8 Å². The largest absolute Gasteiger partial charge is 0.481 e. The highest BCUT2D eigenvalue weighted by Crippen LogP contribution is 2.30. The van der Waals surface area contributed by atoms with Gasteiger partial charge in [-0.25, -0.2) is 14.2 Å². The third kappa shape index (κ3) is 3.79. The minimum atomic E-state index is -1.91. The zero-order chi connectivity index (χ0) is 19.6. The Bertz CT molecular complexity index is 874. The Morgan fingerprint density at radius 3 is 2.78 bits per heavy atom. The van der Waals surface area contributed by atoms with Crippen LogP contribution in [0, 0.1) is 0 Å². The third-order valence-corrected chi connectivity index (χ3v) is 4.03. The van der Waals surface area contributed by atoms with Crippen LogP contribution in [0.15, 0.2) is 35.4 Å². The minimum Gasteiger partial charge on any atom is -0.481 e. The number of rotatable bonds is 5. The molecule has 2 aromatic rings. The number of halogens is 1. The Labute approximate surface area is 152 Å². The van der Waals surface area contributed by atoms with Crippen molar-refractivity contribution in [2.24, 2.45) is 0 Å². The topological polar surface area (TPSA) is 136 Å². The van der Waals surface area contributed by atoms with Gasteiger partial charge in [0.15, 0.2) is 12.4 Å². The van der Waals surface area contributed by atoms with Crippen LogP contribution in [-0.2, 0) is 4.74 Å². The molecule has 0 unspecified atom stereocenters. The van der Waals surface area contributed by atoms with Gasteiger partial charge in [-0.15, -0.1) is 0 Å². The second-order valence-electron chi connectivity index (χ2n) is 5.73. The van der Waals surface area contributed by atoms with Gasteiger partial charge in [-0.3, -0.25) is 9.36 Å². The summed E-state index contributed by atoms with van der Waals surface area (Å²) in [5, 5.41) is 21.1. The van der Waals surface area contributed by atoms with Gasteiger partial charge >= 0.3 is 5.69 Å². The van der Waals surface area contributed by atoms with Crippen LogP contribution >= 0.6 is 0 Å². The number of aliphatic hydroxyl groups is 2. The summed E-state index contributed by atoms with van der Waals surface area (Å²) in [5.74, 6) is -0.260. The first-order chi connectivity index (χ1) is 12.9. The predicted molar refractivity (Wildman–Crippen MR) is 89.1 cm³/mol. The fourth-order valence-electron chi connectivity index (χ4n) is 2.58. The number of amides is 1. The van der Waals surface area contributed by atoms with E-state index >= 15 is 0 Å². The quantitative estimate of drug-likeness (QED) is 0.631. The van der Waals surface area contributed by atoms with E-state index in [9.17, 15) is 19.1 Å². The monoisotopic (exact) mass is 380 g/mol. The highest BCUT2D eigenvalue weighted by Gasteiger charge is 2.45. The molecular weight excluding hydrogens is 363 g/mol. The lowest BCUT2D eigenvalue weighted by Crippen LogP contribution is -2.33. The number of alkyl halides is 1. The summed E-state index contributed by atoms with van der Waals surface area (Å²) in [6, 6.07) is 4.27. The first-order valence-corrected chi connectivity index (χ1v) is 7.93. The summed E-state index contributed by atoms with van der Waals surface area (Å²) in [5.41, 5.74) is -0.669. The maximum absolute atomic E-state index is 14.1. The number of hydrogen-bond acceptors (Lipinski definition) is 8. The summed E-state index contributed by atoms with van der Waals surface area (Å²) < 4.78 is 25.0. The van der Waals surface area contributed by atoms with E-state index in [-0.39, 0.29) is 11.4 Å². The van der Waals surface area contributed by atoms with E-state index in [1.165, 1.54) is 37.7 Å². The molecule has 11 heteroatoms. The van der Waals surface area contributed by atoms with Crippen LogP contribution in [0.5, 0.6) is 5.88 Å². The third-order valence-electron chi connectivity index (χ3n) is 4.03. The molecular formula is C16H17FN4O6. The molecule has 0 saturated carbocycles. The predicted octanol–water partition coefficient (Wildman–Crippen LogP) is -0.512. The minimum absolute atomic E-state index is 0.0512. The molecule has 0 radical (unpaired) electrons. The second kappa shape index (κ2) is 7.78. The molecule has 0 bridgehead atoms. The Morgan fingerprint density at radius 1 is 1.44 bits per heavy atom. The molecule has 0 aromatic carbocycles. The van der Waals surface area contributed by atoms with Crippen molar-refractivity contribution < 1.29 is 28.9 Å². The van der Waals surface area contributed by atoms with Crippen LogP contribution in [0.4, 0.5) is 10.2 Å². The van der Waals surface area contributed by atoms with Crippen LogP contribution in [0.1, 0.15) is 16.6 Å². The molecule has 3 rings (SSSR count). The first kappa shape index (κ1) is 18.9. The number of hydrogen-bond donors (Lipinski definition) is 3. The van der Waals surface area contributed by atoms with E-state index in [4.69, 9.17) is 14.6 Å². The molecule has 1 amide bonds. The number of carbonyl (C=O) groups is 1. The number of methoxy groups -OCH3 is 1. The van der Waals surface area contributed by atoms with Crippen molar-refractivity contribution in [1.29, 1.82) is 0 Å². The van der Waals surface area contributed by atoms with Gasteiger partial charge in [0, 0.05) is 18.5 Å². The summed E-state index contributed by atoms with van der Waals surface area (Å²) in [4.78, 5) is 31.9. The molecule has 144 valence electrons. The highest BCUT2D eigenvalue weighted by atomic mass is 19.1. The number of anilines is 1.